The van der Waals surface area contributed by atoms with E-state index >= 15 is 0 Å². The molecule has 24 nitrogen and oxygen atoms in total. The summed E-state index contributed by atoms with van der Waals surface area (Å²) in [6.45, 7) is 34.2. The third-order valence-electron chi connectivity index (χ3n) is 21.9. The van der Waals surface area contributed by atoms with E-state index in [0.717, 1.165) is 113 Å². The van der Waals surface area contributed by atoms with Crippen molar-refractivity contribution in [3.05, 3.63) is 190 Å². The second-order valence-corrected chi connectivity index (χ2v) is 38.7. The van der Waals surface area contributed by atoms with Crippen LogP contribution in [0.1, 0.15) is 144 Å². The van der Waals surface area contributed by atoms with Crippen LogP contribution in [0.5, 0.6) is 0 Å². The monoisotopic (exact) mass is 1890 g/mol. The van der Waals surface area contributed by atoms with E-state index in [-0.39, 0.29) is 48.2 Å². The van der Waals surface area contributed by atoms with Crippen LogP contribution in [0.4, 0.5) is 55.8 Å². The van der Waals surface area contributed by atoms with Crippen molar-refractivity contribution in [2.24, 2.45) is 0 Å². The first-order valence-corrected chi connectivity index (χ1v) is 44.6. The molecule has 0 aliphatic carbocycles. The number of nitrogens with one attached hydrogen (secondary N) is 2. The summed E-state index contributed by atoms with van der Waals surface area (Å²) in [6.07, 6.45) is 5.90. The van der Waals surface area contributed by atoms with Crippen molar-refractivity contribution in [2.75, 3.05) is 108 Å². The summed E-state index contributed by atoms with van der Waals surface area (Å²) in [7, 11) is 0. The number of halogens is 6. The van der Waals surface area contributed by atoms with Crippen molar-refractivity contribution >= 4 is 136 Å². The van der Waals surface area contributed by atoms with Crippen LogP contribution in [-0.4, -0.2) is 210 Å². The van der Waals surface area contributed by atoms with Crippen molar-refractivity contribution in [1.82, 2.24) is 35.5 Å². The van der Waals surface area contributed by atoms with Crippen LogP contribution in [0.3, 0.4) is 0 Å². The number of ether oxygens (including phenoxy) is 4. The quantitative estimate of drug-likeness (QED) is 0.0309. The fourth-order valence-electron chi connectivity index (χ4n) is 16.8. The van der Waals surface area contributed by atoms with Crippen molar-refractivity contribution in [2.45, 2.75) is 193 Å². The molecule has 642 valence electrons. The maximum absolute atomic E-state index is 12.2. The van der Waals surface area contributed by atoms with Gasteiger partial charge in [-0.3, -0.25) is 10.0 Å². The molecule has 10 bridgehead atoms. The zero-order chi connectivity index (χ0) is 84.5. The van der Waals surface area contributed by atoms with Gasteiger partial charge in [-0.05, 0) is 236 Å². The number of aromatic nitrogens is 3. The Morgan fingerprint density at radius 1 is 0.521 bits per heavy atom. The Bertz CT molecular complexity index is 4790. The molecule has 3 amide bonds. The Hall–Kier alpha value is -8.09. The summed E-state index contributed by atoms with van der Waals surface area (Å²) in [5.74, 6) is -1.08. The highest BCUT2D eigenvalue weighted by Crippen LogP contribution is 2.42. The summed E-state index contributed by atoms with van der Waals surface area (Å²) < 4.78 is 57.8. The number of quaternary nitrogens is 1. The number of rotatable bonds is 11. The van der Waals surface area contributed by atoms with Gasteiger partial charge in [0.05, 0.1) is 74.6 Å². The van der Waals surface area contributed by atoms with Gasteiger partial charge in [-0.1, -0.05) is 77.3 Å². The molecule has 10 fully saturated rings. The summed E-state index contributed by atoms with van der Waals surface area (Å²) in [5, 5.41) is 16.4. The van der Waals surface area contributed by atoms with Crippen LogP contribution in [0.15, 0.2) is 144 Å². The normalized spacial score (nSPS) is 22.3. The number of benzene rings is 5. The highest BCUT2D eigenvalue weighted by Gasteiger charge is 2.49. The molecule has 0 spiro atoms. The molecular formula is C86H108BrClF3IN14O10S3. The molecule has 0 saturated carbocycles. The van der Waals surface area contributed by atoms with Crippen molar-refractivity contribution in [3.63, 3.8) is 0 Å². The first-order valence-electron chi connectivity index (χ1n) is 40.2. The second kappa shape index (κ2) is 40.3. The SMILES string of the molecule is CC(C)(C)OC(=O)N1C[C@@H]2C[C@H]1CN2.CCOC(=O)c1cnc(Br)s1.CCOC(=O)c1cnc(N2C[C@@H]3C[C@H]2CN3c2cccc(C)c2)s1.Cc1cccc(N2C[C@@H]3C[C@H]2CN3C(=O)OC(C)(C)C)c1.Cc1cccc(N2C[C@@H]3C[C@H]2CN3c2ncc(C(=O)NO)s2)c1.Cc1cccc(N2C[C@@H]3C[C@H]2C[NH2+]3)c1.FC(F)(F)c1cccc(I)c1.[Cl-]. The van der Waals surface area contributed by atoms with E-state index in [4.69, 9.17) is 24.2 Å². The van der Waals surface area contributed by atoms with Crippen LogP contribution < -0.4 is 57.9 Å². The molecule has 0 radical (unpaired) electrons. The van der Waals surface area contributed by atoms with Gasteiger partial charge in [0.25, 0.3) is 5.91 Å². The zero-order valence-corrected chi connectivity index (χ0v) is 76.1. The van der Waals surface area contributed by atoms with Crippen molar-refractivity contribution in [1.29, 1.82) is 0 Å². The number of hydrogen-bond acceptors (Lipinski definition) is 23. The molecule has 8 aromatic rings. The molecule has 5 aromatic carbocycles. The van der Waals surface area contributed by atoms with E-state index in [1.165, 1.54) is 117 Å². The number of esters is 2. The number of likely N-dealkylation sites (tertiary alicyclic amines) is 2. The lowest BCUT2D eigenvalue weighted by Gasteiger charge is -2.36. The highest BCUT2D eigenvalue weighted by molar-refractivity contribution is 14.1. The van der Waals surface area contributed by atoms with Crippen LogP contribution in [0, 0.1) is 31.3 Å². The van der Waals surface area contributed by atoms with E-state index in [1.54, 1.807) is 24.7 Å². The summed E-state index contributed by atoms with van der Waals surface area (Å²) >= 11 is 9.03. The van der Waals surface area contributed by atoms with Gasteiger partial charge in [-0.25, -0.2) is 39.6 Å². The molecule has 10 saturated heterocycles. The number of hydrogen-bond donors (Lipinski definition) is 4. The molecule has 33 heteroatoms. The molecule has 10 aliphatic rings. The number of nitrogens with two attached hydrogens (primary N) is 1. The van der Waals surface area contributed by atoms with Gasteiger partial charge in [0.2, 0.25) is 0 Å². The van der Waals surface area contributed by atoms with Crippen LogP contribution in [0.2, 0.25) is 0 Å². The number of piperazine rings is 5. The summed E-state index contributed by atoms with van der Waals surface area (Å²) in [5.41, 5.74) is 10.8. The van der Waals surface area contributed by atoms with E-state index in [9.17, 15) is 37.1 Å². The van der Waals surface area contributed by atoms with Crippen molar-refractivity contribution in [3.8, 4) is 0 Å². The predicted octanol–water partition coefficient (Wildman–Crippen LogP) is 12.2. The van der Waals surface area contributed by atoms with Gasteiger partial charge in [0.1, 0.15) is 31.9 Å². The number of nitrogens with zero attached hydrogens (tertiary/aromatic N) is 11. The molecule has 18 rings (SSSR count). The summed E-state index contributed by atoms with van der Waals surface area (Å²) in [6, 6.07) is 45.1. The number of fused-ring (bicyclic) bond motifs is 10. The Kier molecular flexibility index (Phi) is 31.0. The fraction of sp³-hybridized carbons (Fsp3) is 0.488. The number of aryl methyl sites for hydroxylation is 4. The minimum atomic E-state index is -4.22. The number of carbonyl (C=O) groups excluding carboxylic acids is 5. The molecule has 5 N–H and O–H groups in total. The molecular weight excluding hydrogens is 1780 g/mol. The van der Waals surface area contributed by atoms with E-state index in [2.05, 4.69) is 196 Å². The Balaban J connectivity index is 0.000000139. The third-order valence-corrected chi connectivity index (χ3v) is 26.1. The first-order chi connectivity index (χ1) is 56.2. The smallest absolute Gasteiger partial charge is 0.416 e. The maximum Gasteiger partial charge on any atom is 0.416 e. The van der Waals surface area contributed by atoms with Gasteiger partial charge in [-0.15, -0.1) is 11.3 Å². The number of amides is 3. The van der Waals surface area contributed by atoms with Crippen LogP contribution in [0.25, 0.3) is 0 Å². The number of carbonyl (C=O) groups is 5. The Morgan fingerprint density at radius 3 is 1.29 bits per heavy atom. The van der Waals surface area contributed by atoms with Crippen LogP contribution >= 0.6 is 72.5 Å². The van der Waals surface area contributed by atoms with Crippen molar-refractivity contribution < 1.29 is 79.0 Å². The molecule has 119 heavy (non-hydrogen) atoms. The predicted molar refractivity (Wildman–Crippen MR) is 470 cm³/mol. The Labute approximate surface area is 735 Å². The topological polar surface area (TPSA) is 248 Å². The summed E-state index contributed by atoms with van der Waals surface area (Å²) in [4.78, 5) is 90.8. The average molecular weight is 1890 g/mol. The molecule has 10 atom stereocenters. The van der Waals surface area contributed by atoms with E-state index < -0.39 is 23.2 Å². The van der Waals surface area contributed by atoms with Gasteiger partial charge in [0.15, 0.2) is 14.2 Å². The number of hydroxylamine groups is 1. The van der Waals surface area contributed by atoms with Gasteiger partial charge in [-0.2, -0.15) is 13.2 Å². The third kappa shape index (κ3) is 24.0. The lowest BCUT2D eigenvalue weighted by Crippen LogP contribution is -3.00. The van der Waals surface area contributed by atoms with E-state index in [0.29, 0.717) is 77.6 Å². The maximum atomic E-state index is 12.2. The molecule has 13 heterocycles. The highest BCUT2D eigenvalue weighted by atomic mass is 127. The van der Waals surface area contributed by atoms with Gasteiger partial charge >= 0.3 is 30.3 Å². The largest absolute Gasteiger partial charge is 1.00 e. The lowest BCUT2D eigenvalue weighted by molar-refractivity contribution is -0.672. The lowest BCUT2D eigenvalue weighted by atomic mass is 10.2. The van der Waals surface area contributed by atoms with Crippen LogP contribution in [-0.2, 0) is 25.1 Å². The molecule has 3 aromatic heterocycles. The molecule has 0 unspecified atom stereocenters. The fourth-order valence-corrected chi connectivity index (χ4v) is 20.3. The first kappa shape index (κ1) is 91.6. The number of alkyl halides is 3. The average Bonchev–Trinajstić information content (AvgIpc) is 1.62. The van der Waals surface area contributed by atoms with E-state index in [1.807, 2.05) is 80.9 Å². The standard InChI is InChI=1S/C18H21N3O2S.C17H24N2O2.C16H18N4O2S.C12H16N2.C10H18N2O2.C7H4F3I.C6H6BrNO2S.ClH/c1-3-23-17(22)16-9-19-18(24-16)21-11-14-8-15(21)10-20(14)13-6-4-5-12(2)7-13;1-12-6-5-7-13(8-12)18-10-15-9-14(18)11-19(15)16(20)21-17(2,3)4;1-10-3-2-4-11(5-10)19-8-13-6-12(19)9-20(13)16-17-7-14(23-16)15(21)18-22;1-9-3-2-4-11(5-9)14-8-10-6-12(14)7-13-10;1-10(2,3)14-9(13)12-6-7-4-8(12)5-11-7;8-7(9,10)5-2-1-3-6(11)4-5;1-2-10-5(9)4-3-8-6(7)11-4;/h4-7,9,14-15H,3,8,10-11H2,1-2H3;5-8,14-15H,9-11H2,1-4H3;2-5,7,12-13,22H,6,8-9H2,1H3,(H,18,21);2-5,10,12-13H,6-8H2,1H3;7-8,11H,4-6H2,1-3H3;1-4H;3H,2H2,1H3;1H/t2*14-,15-;12-,13-;10-,12-;7-,8-;;;/m00000.../s1. The van der Waals surface area contributed by atoms with Gasteiger partial charge in [0, 0.05) is 115 Å². The van der Waals surface area contributed by atoms with Gasteiger partial charge < -0.3 is 81.2 Å². The minimum absolute atomic E-state index is 0. The Morgan fingerprint density at radius 2 is 0.933 bits per heavy atom. The molecule has 10 aliphatic heterocycles. The number of thiazole rings is 3. The zero-order valence-electron chi connectivity index (χ0n) is 69.2. The number of anilines is 6. The minimum Gasteiger partial charge on any atom is -1.00 e. The second-order valence-electron chi connectivity index (χ2n) is 33.2.